The number of tetrazole rings is 1. The number of para-hydroxylation sites is 1. The summed E-state index contributed by atoms with van der Waals surface area (Å²) < 4.78 is 4.10. The van der Waals surface area contributed by atoms with Crippen LogP contribution in [-0.2, 0) is 13.2 Å². The van der Waals surface area contributed by atoms with Gasteiger partial charge in [0.2, 0.25) is 4.77 Å². The Bertz CT molecular complexity index is 946. The SMILES string of the molecule is S=c1n(CN2CCN(Cc3cccc(Cl)c3)CC2)nnn1-c1ccccc1. The van der Waals surface area contributed by atoms with Crippen molar-refractivity contribution >= 4 is 23.8 Å². The molecule has 0 N–H and O–H groups in total. The maximum atomic E-state index is 6.08. The molecule has 1 aliphatic rings. The summed E-state index contributed by atoms with van der Waals surface area (Å²) in [7, 11) is 0. The molecular formula is C19H21ClN6S. The molecule has 0 aliphatic carbocycles. The molecule has 3 aromatic rings. The Balaban J connectivity index is 1.35. The fourth-order valence-electron chi connectivity index (χ4n) is 3.27. The number of halogens is 1. The van der Waals surface area contributed by atoms with Gasteiger partial charge in [-0.15, -0.1) is 0 Å². The van der Waals surface area contributed by atoms with E-state index in [9.17, 15) is 0 Å². The van der Waals surface area contributed by atoms with Crippen molar-refractivity contribution in [3.05, 3.63) is 70.0 Å². The van der Waals surface area contributed by atoms with Crippen molar-refractivity contribution in [2.45, 2.75) is 13.2 Å². The lowest BCUT2D eigenvalue weighted by atomic mass is 10.2. The van der Waals surface area contributed by atoms with Crippen molar-refractivity contribution in [2.75, 3.05) is 26.2 Å². The maximum Gasteiger partial charge on any atom is 0.221 e. The Morgan fingerprint density at radius 1 is 0.889 bits per heavy atom. The molecule has 1 fully saturated rings. The highest BCUT2D eigenvalue weighted by molar-refractivity contribution is 7.71. The molecule has 0 atom stereocenters. The monoisotopic (exact) mass is 400 g/mol. The number of nitrogens with zero attached hydrogens (tertiary/aromatic N) is 6. The van der Waals surface area contributed by atoms with Gasteiger partial charge in [0.05, 0.1) is 12.4 Å². The van der Waals surface area contributed by atoms with Gasteiger partial charge >= 0.3 is 0 Å². The van der Waals surface area contributed by atoms with Gasteiger partial charge in [0.15, 0.2) is 0 Å². The van der Waals surface area contributed by atoms with Crippen LogP contribution in [0.4, 0.5) is 0 Å². The van der Waals surface area contributed by atoms with Gasteiger partial charge in [-0.05, 0) is 52.5 Å². The van der Waals surface area contributed by atoms with Crippen LogP contribution < -0.4 is 0 Å². The van der Waals surface area contributed by atoms with E-state index in [0.29, 0.717) is 11.4 Å². The molecule has 6 nitrogen and oxygen atoms in total. The highest BCUT2D eigenvalue weighted by atomic mass is 35.5. The Kier molecular flexibility index (Phi) is 5.63. The molecule has 0 saturated carbocycles. The van der Waals surface area contributed by atoms with Gasteiger partial charge in [0.25, 0.3) is 0 Å². The molecule has 4 rings (SSSR count). The Morgan fingerprint density at radius 2 is 1.63 bits per heavy atom. The zero-order valence-electron chi connectivity index (χ0n) is 14.9. The van der Waals surface area contributed by atoms with E-state index in [2.05, 4.69) is 26.3 Å². The summed E-state index contributed by atoms with van der Waals surface area (Å²) in [5.41, 5.74) is 2.18. The van der Waals surface area contributed by atoms with Crippen LogP contribution in [0.2, 0.25) is 5.02 Å². The highest BCUT2D eigenvalue weighted by Crippen LogP contribution is 2.14. The quantitative estimate of drug-likeness (QED) is 0.615. The van der Waals surface area contributed by atoms with Crippen LogP contribution in [0, 0.1) is 4.77 Å². The van der Waals surface area contributed by atoms with E-state index < -0.39 is 0 Å². The number of benzene rings is 2. The van der Waals surface area contributed by atoms with Crippen molar-refractivity contribution in [3.8, 4) is 5.69 Å². The molecule has 0 spiro atoms. The van der Waals surface area contributed by atoms with E-state index in [1.165, 1.54) is 5.56 Å². The van der Waals surface area contributed by atoms with Gasteiger partial charge in [-0.1, -0.05) is 41.9 Å². The Labute approximate surface area is 168 Å². The average Bonchev–Trinajstić information content (AvgIpc) is 3.04. The van der Waals surface area contributed by atoms with Crippen LogP contribution in [0.1, 0.15) is 5.56 Å². The summed E-state index contributed by atoms with van der Waals surface area (Å²) in [5.74, 6) is 0. The Hall–Kier alpha value is -2.06. The number of hydrogen-bond acceptors (Lipinski definition) is 5. The summed E-state index contributed by atoms with van der Waals surface area (Å²) in [5, 5.41) is 9.24. The van der Waals surface area contributed by atoms with E-state index in [1.54, 1.807) is 9.36 Å². The van der Waals surface area contributed by atoms with E-state index in [1.807, 2.05) is 48.5 Å². The molecule has 2 aromatic carbocycles. The fourth-order valence-corrected chi connectivity index (χ4v) is 3.72. The molecule has 2 heterocycles. The molecule has 0 bridgehead atoms. The molecule has 8 heteroatoms. The van der Waals surface area contributed by atoms with Crippen molar-refractivity contribution in [2.24, 2.45) is 0 Å². The molecule has 27 heavy (non-hydrogen) atoms. The van der Waals surface area contributed by atoms with Crippen LogP contribution in [-0.4, -0.2) is 55.8 Å². The zero-order chi connectivity index (χ0) is 18.6. The van der Waals surface area contributed by atoms with Crippen molar-refractivity contribution in [1.82, 2.24) is 29.6 Å². The zero-order valence-corrected chi connectivity index (χ0v) is 16.5. The topological polar surface area (TPSA) is 42.1 Å². The molecule has 1 aromatic heterocycles. The lowest BCUT2D eigenvalue weighted by Gasteiger charge is -2.34. The second-order valence-corrected chi connectivity index (χ2v) is 7.48. The second-order valence-electron chi connectivity index (χ2n) is 6.67. The van der Waals surface area contributed by atoms with Gasteiger partial charge in [-0.25, -0.2) is 4.68 Å². The molecule has 0 unspecified atom stereocenters. The number of rotatable bonds is 5. The van der Waals surface area contributed by atoms with Crippen LogP contribution in [0.15, 0.2) is 54.6 Å². The predicted molar refractivity (Wildman–Crippen MR) is 108 cm³/mol. The summed E-state index contributed by atoms with van der Waals surface area (Å²) in [4.78, 5) is 4.80. The smallest absolute Gasteiger partial charge is 0.221 e. The summed E-state index contributed by atoms with van der Waals surface area (Å²) in [6, 6.07) is 17.9. The van der Waals surface area contributed by atoms with Crippen LogP contribution in [0.25, 0.3) is 5.69 Å². The maximum absolute atomic E-state index is 6.08. The van der Waals surface area contributed by atoms with Gasteiger partial charge in [0.1, 0.15) is 0 Å². The lowest BCUT2D eigenvalue weighted by molar-refractivity contribution is 0.0975. The first kappa shape index (κ1) is 18.3. The normalized spacial score (nSPS) is 15.9. The van der Waals surface area contributed by atoms with Gasteiger partial charge < -0.3 is 0 Å². The van der Waals surface area contributed by atoms with Gasteiger partial charge in [0, 0.05) is 37.7 Å². The largest absolute Gasteiger partial charge is 0.297 e. The molecule has 0 amide bonds. The van der Waals surface area contributed by atoms with E-state index >= 15 is 0 Å². The summed E-state index contributed by atoms with van der Waals surface area (Å²) >= 11 is 11.6. The molecule has 1 saturated heterocycles. The minimum absolute atomic E-state index is 0.613. The molecular weight excluding hydrogens is 380 g/mol. The molecule has 1 aliphatic heterocycles. The first-order valence-electron chi connectivity index (χ1n) is 8.96. The van der Waals surface area contributed by atoms with E-state index in [0.717, 1.165) is 43.4 Å². The van der Waals surface area contributed by atoms with Gasteiger partial charge in [-0.3, -0.25) is 9.80 Å². The van der Waals surface area contributed by atoms with Crippen molar-refractivity contribution in [3.63, 3.8) is 0 Å². The van der Waals surface area contributed by atoms with Crippen LogP contribution >= 0.6 is 23.8 Å². The van der Waals surface area contributed by atoms with Crippen LogP contribution in [0.5, 0.6) is 0 Å². The van der Waals surface area contributed by atoms with E-state index in [4.69, 9.17) is 23.8 Å². The molecule has 0 radical (unpaired) electrons. The van der Waals surface area contributed by atoms with Gasteiger partial charge in [-0.2, -0.15) is 4.68 Å². The van der Waals surface area contributed by atoms with E-state index in [-0.39, 0.29) is 0 Å². The third-order valence-corrected chi connectivity index (χ3v) is 5.35. The third-order valence-electron chi connectivity index (χ3n) is 4.73. The number of aromatic nitrogens is 4. The third kappa shape index (κ3) is 4.44. The first-order chi connectivity index (χ1) is 13.2. The first-order valence-corrected chi connectivity index (χ1v) is 9.75. The number of piperazine rings is 1. The fraction of sp³-hybridized carbons (Fsp3) is 0.316. The Morgan fingerprint density at radius 3 is 2.37 bits per heavy atom. The lowest BCUT2D eigenvalue weighted by Crippen LogP contribution is -2.46. The molecule has 140 valence electrons. The minimum atomic E-state index is 0.613. The van der Waals surface area contributed by atoms with Crippen LogP contribution in [0.3, 0.4) is 0 Å². The van der Waals surface area contributed by atoms with Crippen molar-refractivity contribution in [1.29, 1.82) is 0 Å². The predicted octanol–water partition coefficient (Wildman–Crippen LogP) is 3.23. The highest BCUT2D eigenvalue weighted by Gasteiger charge is 2.18. The van der Waals surface area contributed by atoms with Crippen molar-refractivity contribution < 1.29 is 0 Å². The number of hydrogen-bond donors (Lipinski definition) is 0. The summed E-state index contributed by atoms with van der Waals surface area (Å²) in [6.45, 7) is 5.55. The second kappa shape index (κ2) is 8.31. The minimum Gasteiger partial charge on any atom is -0.297 e. The summed E-state index contributed by atoms with van der Waals surface area (Å²) in [6.07, 6.45) is 0. The average molecular weight is 401 g/mol. The standard InChI is InChI=1S/C19H21ClN6S/c20-17-6-4-5-16(13-17)14-23-9-11-24(12-10-23)15-25-19(27)26(22-21-25)18-7-2-1-3-8-18/h1-8,13H,9-12,14-15H2.